The average molecular weight is 359 g/mol. The normalized spacial score (nSPS) is 12.2. The number of aryl methyl sites for hydroxylation is 1. The Bertz CT molecular complexity index is 519. The minimum Gasteiger partial charge on any atom is -0.542 e. The van der Waals surface area contributed by atoms with E-state index >= 15 is 0 Å². The summed E-state index contributed by atoms with van der Waals surface area (Å²) >= 11 is 3.49. The van der Waals surface area contributed by atoms with Crippen LogP contribution in [0.15, 0.2) is 16.6 Å². The van der Waals surface area contributed by atoms with E-state index < -0.39 is 8.32 Å². The molecular weight excluding hydrogens is 336 g/mol. The van der Waals surface area contributed by atoms with Crippen molar-refractivity contribution in [2.45, 2.75) is 45.8 Å². The number of esters is 1. The molecule has 0 saturated carbocycles. The largest absolute Gasteiger partial charge is 0.542 e. The molecule has 0 N–H and O–H groups in total. The molecule has 3 nitrogen and oxygen atoms in total. The second kappa shape index (κ2) is 5.90. The first-order chi connectivity index (χ1) is 9.01. The molecule has 5 heteroatoms. The van der Waals surface area contributed by atoms with Crippen LogP contribution >= 0.6 is 15.9 Å². The number of halogens is 1. The molecule has 0 unspecified atom stereocenters. The second-order valence-corrected chi connectivity index (χ2v) is 12.0. The molecule has 0 heterocycles. The highest BCUT2D eigenvalue weighted by molar-refractivity contribution is 9.10. The van der Waals surface area contributed by atoms with Crippen LogP contribution < -0.4 is 4.43 Å². The van der Waals surface area contributed by atoms with Gasteiger partial charge in [-0.25, -0.2) is 4.79 Å². The molecule has 0 atom stereocenters. The van der Waals surface area contributed by atoms with E-state index in [2.05, 4.69) is 49.8 Å². The number of carbonyl (C=O) groups is 1. The van der Waals surface area contributed by atoms with Gasteiger partial charge < -0.3 is 9.16 Å². The maximum atomic E-state index is 12.0. The first-order valence-corrected chi connectivity index (χ1v) is 10.3. The van der Waals surface area contributed by atoms with E-state index in [1.54, 1.807) is 0 Å². The standard InChI is InChI=1S/C15H23BrO3Si/c1-10-8-9-11(16)13(12(10)14(17)18-5)19-20(6,7)15(2,3)4/h8-9H,1-7H3. The van der Waals surface area contributed by atoms with Crippen molar-refractivity contribution in [3.63, 3.8) is 0 Å². The average Bonchev–Trinajstić information content (AvgIpc) is 2.31. The monoisotopic (exact) mass is 358 g/mol. The van der Waals surface area contributed by atoms with Gasteiger partial charge in [0.05, 0.1) is 11.6 Å². The smallest absolute Gasteiger partial charge is 0.341 e. The van der Waals surface area contributed by atoms with Crippen molar-refractivity contribution in [2.75, 3.05) is 7.11 Å². The molecule has 0 spiro atoms. The van der Waals surface area contributed by atoms with Crippen LogP contribution in [0, 0.1) is 6.92 Å². The minimum atomic E-state index is -2.03. The van der Waals surface area contributed by atoms with Crippen molar-refractivity contribution in [3.05, 3.63) is 27.7 Å². The van der Waals surface area contributed by atoms with Crippen molar-refractivity contribution in [1.82, 2.24) is 0 Å². The number of ether oxygens (including phenoxy) is 1. The van der Waals surface area contributed by atoms with Gasteiger partial charge in [-0.3, -0.25) is 0 Å². The SMILES string of the molecule is COC(=O)c1c(C)ccc(Br)c1O[Si](C)(C)C(C)(C)C. The summed E-state index contributed by atoms with van der Waals surface area (Å²) in [6.45, 7) is 12.7. The summed E-state index contributed by atoms with van der Waals surface area (Å²) < 4.78 is 12.0. The van der Waals surface area contributed by atoms with Gasteiger partial charge >= 0.3 is 5.97 Å². The van der Waals surface area contributed by atoms with Gasteiger partial charge in [-0.1, -0.05) is 26.8 Å². The van der Waals surface area contributed by atoms with Crippen LogP contribution in [0.5, 0.6) is 5.75 Å². The first kappa shape index (κ1) is 17.2. The van der Waals surface area contributed by atoms with Gasteiger partial charge in [0, 0.05) is 0 Å². The Labute approximate surface area is 130 Å². The fourth-order valence-corrected chi connectivity index (χ4v) is 3.11. The Morgan fingerprint density at radius 2 is 1.80 bits per heavy atom. The molecule has 112 valence electrons. The van der Waals surface area contributed by atoms with E-state index in [0.29, 0.717) is 11.3 Å². The van der Waals surface area contributed by atoms with Gasteiger partial charge in [-0.05, 0) is 52.6 Å². The summed E-state index contributed by atoms with van der Waals surface area (Å²) in [4.78, 5) is 12.0. The van der Waals surface area contributed by atoms with Crippen LogP contribution in [0.2, 0.25) is 18.1 Å². The van der Waals surface area contributed by atoms with Crippen LogP contribution in [-0.2, 0) is 4.74 Å². The molecule has 0 aliphatic carbocycles. The Balaban J connectivity index is 3.38. The topological polar surface area (TPSA) is 35.5 Å². The fraction of sp³-hybridized carbons (Fsp3) is 0.533. The molecule has 0 bridgehead atoms. The number of benzene rings is 1. The van der Waals surface area contributed by atoms with Gasteiger partial charge in [0.15, 0.2) is 0 Å². The van der Waals surface area contributed by atoms with Crippen molar-refractivity contribution in [2.24, 2.45) is 0 Å². The van der Waals surface area contributed by atoms with E-state index in [4.69, 9.17) is 9.16 Å². The van der Waals surface area contributed by atoms with Crippen LogP contribution in [0.1, 0.15) is 36.7 Å². The van der Waals surface area contributed by atoms with Crippen molar-refractivity contribution < 1.29 is 14.0 Å². The molecule has 0 aromatic heterocycles. The van der Waals surface area contributed by atoms with Crippen molar-refractivity contribution in [3.8, 4) is 5.75 Å². The minimum absolute atomic E-state index is 0.0591. The molecule has 0 aliphatic rings. The van der Waals surface area contributed by atoms with Crippen LogP contribution in [0.3, 0.4) is 0 Å². The van der Waals surface area contributed by atoms with E-state index in [1.807, 2.05) is 19.1 Å². The second-order valence-electron chi connectivity index (χ2n) is 6.42. The maximum Gasteiger partial charge on any atom is 0.341 e. The lowest BCUT2D eigenvalue weighted by molar-refractivity contribution is 0.0597. The van der Waals surface area contributed by atoms with Crippen molar-refractivity contribution in [1.29, 1.82) is 0 Å². The van der Waals surface area contributed by atoms with Gasteiger partial charge in [-0.2, -0.15) is 0 Å². The predicted molar refractivity (Wildman–Crippen MR) is 88.0 cm³/mol. The highest BCUT2D eigenvalue weighted by Crippen LogP contribution is 2.41. The molecule has 0 fully saturated rings. The summed E-state index contributed by atoms with van der Waals surface area (Å²) in [5.41, 5.74) is 1.36. The van der Waals surface area contributed by atoms with Crippen LogP contribution in [0.4, 0.5) is 0 Å². The third-order valence-corrected chi connectivity index (χ3v) is 8.82. The van der Waals surface area contributed by atoms with E-state index in [0.717, 1.165) is 10.0 Å². The highest BCUT2D eigenvalue weighted by atomic mass is 79.9. The summed E-state index contributed by atoms with van der Waals surface area (Å²) in [6, 6.07) is 3.79. The Hall–Kier alpha value is -0.813. The summed E-state index contributed by atoms with van der Waals surface area (Å²) in [5.74, 6) is 0.237. The first-order valence-electron chi connectivity index (χ1n) is 6.57. The number of hydrogen-bond acceptors (Lipinski definition) is 3. The van der Waals surface area contributed by atoms with Crippen molar-refractivity contribution >= 4 is 30.2 Å². The molecular formula is C15H23BrO3Si. The van der Waals surface area contributed by atoms with Gasteiger partial charge in [-0.15, -0.1) is 0 Å². The van der Waals surface area contributed by atoms with E-state index in [-0.39, 0.29) is 11.0 Å². The zero-order valence-electron chi connectivity index (χ0n) is 13.3. The molecule has 1 aromatic rings. The Kier molecular flexibility index (Phi) is 5.08. The summed E-state index contributed by atoms with van der Waals surface area (Å²) in [7, 11) is -0.640. The quantitative estimate of drug-likeness (QED) is 0.567. The lowest BCUT2D eigenvalue weighted by Crippen LogP contribution is -2.44. The van der Waals surface area contributed by atoms with E-state index in [1.165, 1.54) is 7.11 Å². The molecule has 0 amide bonds. The maximum absolute atomic E-state index is 12.0. The van der Waals surface area contributed by atoms with Crippen LogP contribution in [0.25, 0.3) is 0 Å². The third-order valence-electron chi connectivity index (χ3n) is 3.87. The molecule has 1 rings (SSSR count). The van der Waals surface area contributed by atoms with Gasteiger partial charge in [0.1, 0.15) is 11.3 Å². The lowest BCUT2D eigenvalue weighted by atomic mass is 10.1. The number of methoxy groups -OCH3 is 1. The number of rotatable bonds is 3. The van der Waals surface area contributed by atoms with Crippen LogP contribution in [-0.4, -0.2) is 21.4 Å². The third kappa shape index (κ3) is 3.44. The summed E-state index contributed by atoms with van der Waals surface area (Å²) in [6.07, 6.45) is 0. The Morgan fingerprint density at radius 1 is 1.25 bits per heavy atom. The molecule has 0 saturated heterocycles. The molecule has 0 aliphatic heterocycles. The molecule has 20 heavy (non-hydrogen) atoms. The number of hydrogen-bond donors (Lipinski definition) is 0. The fourth-order valence-electron chi connectivity index (χ4n) is 1.52. The predicted octanol–water partition coefficient (Wildman–Crippen LogP) is 4.93. The molecule has 1 aromatic carbocycles. The highest BCUT2D eigenvalue weighted by Gasteiger charge is 2.40. The van der Waals surface area contributed by atoms with Gasteiger partial charge in [0.2, 0.25) is 0 Å². The van der Waals surface area contributed by atoms with E-state index in [9.17, 15) is 4.79 Å². The number of carbonyl (C=O) groups excluding carboxylic acids is 1. The molecule has 0 radical (unpaired) electrons. The van der Waals surface area contributed by atoms with Gasteiger partial charge in [0.25, 0.3) is 8.32 Å². The zero-order chi connectivity index (χ0) is 15.7. The summed E-state index contributed by atoms with van der Waals surface area (Å²) in [5, 5.41) is 0.0591. The Morgan fingerprint density at radius 3 is 2.25 bits per heavy atom. The lowest BCUT2D eigenvalue weighted by Gasteiger charge is -2.37. The zero-order valence-corrected chi connectivity index (χ0v) is 15.8.